The Kier molecular flexibility index (Phi) is 2.63. The number of carboxylic acid groups (broad SMARTS) is 1. The highest BCUT2D eigenvalue weighted by Crippen LogP contribution is 2.24. The van der Waals surface area contributed by atoms with Crippen molar-refractivity contribution in [1.29, 1.82) is 0 Å². The number of pyridine rings is 1. The molecule has 1 heterocycles. The Hall–Kier alpha value is -1.42. The molecule has 0 aromatic carbocycles. The van der Waals surface area contributed by atoms with Crippen LogP contribution in [0.2, 0.25) is 0 Å². The maximum Gasteiger partial charge on any atom is 0.340 e. The van der Waals surface area contributed by atoms with Crippen LogP contribution in [0.5, 0.6) is 0 Å². The van der Waals surface area contributed by atoms with Gasteiger partial charge in [-0.05, 0) is 24.1 Å². The molecule has 0 bridgehead atoms. The molecule has 0 saturated heterocycles. The summed E-state index contributed by atoms with van der Waals surface area (Å²) < 4.78 is 0. The zero-order valence-electron chi connectivity index (χ0n) is 7.27. The highest BCUT2D eigenvalue weighted by molar-refractivity contribution is 5.78. The number of carbonyl (C=O) groups is 1. The lowest BCUT2D eigenvalue weighted by Crippen LogP contribution is -2.34. The van der Waals surface area contributed by atoms with Gasteiger partial charge in [-0.25, -0.2) is 4.79 Å². The molecule has 1 unspecified atom stereocenters. The van der Waals surface area contributed by atoms with Crippen molar-refractivity contribution in [2.75, 3.05) is 0 Å². The number of aromatic nitrogens is 1. The highest BCUT2D eigenvalue weighted by atomic mass is 16.4. The van der Waals surface area contributed by atoms with Gasteiger partial charge in [0.15, 0.2) is 5.60 Å². The molecule has 0 spiro atoms. The second-order valence-electron chi connectivity index (χ2n) is 2.75. The van der Waals surface area contributed by atoms with E-state index in [4.69, 9.17) is 5.11 Å². The van der Waals surface area contributed by atoms with Crippen LogP contribution in [0.4, 0.5) is 0 Å². The molecule has 70 valence electrons. The molecule has 4 heteroatoms. The minimum absolute atomic E-state index is 0.131. The number of hydrogen-bond acceptors (Lipinski definition) is 3. The van der Waals surface area contributed by atoms with Gasteiger partial charge in [0.25, 0.3) is 0 Å². The van der Waals surface area contributed by atoms with Gasteiger partial charge in [0.1, 0.15) is 0 Å². The third-order valence-electron chi connectivity index (χ3n) is 2.02. The molecule has 2 N–H and O–H groups in total. The summed E-state index contributed by atoms with van der Waals surface area (Å²) in [5.74, 6) is -1.23. The van der Waals surface area contributed by atoms with E-state index in [-0.39, 0.29) is 6.42 Å². The molecular weight excluding hydrogens is 170 g/mol. The first-order chi connectivity index (χ1) is 6.11. The Morgan fingerprint density at radius 3 is 2.46 bits per heavy atom. The lowest BCUT2D eigenvalue weighted by atomic mass is 9.92. The number of aliphatic hydroxyl groups is 1. The van der Waals surface area contributed by atoms with Crippen molar-refractivity contribution in [2.24, 2.45) is 0 Å². The van der Waals surface area contributed by atoms with Crippen LogP contribution in [-0.4, -0.2) is 21.2 Å². The third-order valence-corrected chi connectivity index (χ3v) is 2.02. The van der Waals surface area contributed by atoms with Gasteiger partial charge < -0.3 is 10.2 Å². The first-order valence-electron chi connectivity index (χ1n) is 3.97. The molecule has 1 aromatic rings. The average molecular weight is 181 g/mol. The second-order valence-corrected chi connectivity index (χ2v) is 2.75. The van der Waals surface area contributed by atoms with Gasteiger partial charge in [-0.3, -0.25) is 4.98 Å². The molecule has 0 aliphatic rings. The summed E-state index contributed by atoms with van der Waals surface area (Å²) in [5, 5.41) is 18.6. The predicted molar refractivity (Wildman–Crippen MR) is 46.1 cm³/mol. The Balaban J connectivity index is 3.11. The average Bonchev–Trinajstić information content (AvgIpc) is 2.17. The van der Waals surface area contributed by atoms with Crippen LogP contribution in [-0.2, 0) is 10.4 Å². The highest BCUT2D eigenvalue weighted by Gasteiger charge is 2.35. The second kappa shape index (κ2) is 3.53. The molecular formula is C9H11NO3. The van der Waals surface area contributed by atoms with Crippen molar-refractivity contribution in [1.82, 2.24) is 4.98 Å². The Bertz CT molecular complexity index is 299. The van der Waals surface area contributed by atoms with Crippen LogP contribution in [0.3, 0.4) is 0 Å². The molecule has 1 aromatic heterocycles. The summed E-state index contributed by atoms with van der Waals surface area (Å²) >= 11 is 0. The minimum atomic E-state index is -1.79. The zero-order chi connectivity index (χ0) is 9.90. The van der Waals surface area contributed by atoms with Crippen LogP contribution >= 0.6 is 0 Å². The number of hydrogen-bond donors (Lipinski definition) is 2. The van der Waals surface area contributed by atoms with E-state index >= 15 is 0 Å². The maximum absolute atomic E-state index is 10.8. The summed E-state index contributed by atoms with van der Waals surface area (Å²) in [6.45, 7) is 1.62. The van der Waals surface area contributed by atoms with E-state index in [0.717, 1.165) is 0 Å². The SMILES string of the molecule is CCC(O)(C(=O)O)c1ccncc1. The molecule has 0 radical (unpaired) electrons. The fourth-order valence-electron chi connectivity index (χ4n) is 1.11. The van der Waals surface area contributed by atoms with E-state index < -0.39 is 11.6 Å². The standard InChI is InChI=1S/C9H11NO3/c1-2-9(13,8(11)12)7-3-5-10-6-4-7/h3-6,13H,2H2,1H3,(H,11,12). The van der Waals surface area contributed by atoms with Crippen LogP contribution in [0.1, 0.15) is 18.9 Å². The van der Waals surface area contributed by atoms with E-state index in [1.165, 1.54) is 24.5 Å². The van der Waals surface area contributed by atoms with Gasteiger partial charge in [0.05, 0.1) is 0 Å². The lowest BCUT2D eigenvalue weighted by Gasteiger charge is -2.21. The summed E-state index contributed by atoms with van der Waals surface area (Å²) in [5.41, 5.74) is -1.43. The van der Waals surface area contributed by atoms with Crippen LogP contribution < -0.4 is 0 Å². The molecule has 0 aliphatic heterocycles. The van der Waals surface area contributed by atoms with Gasteiger partial charge in [-0.2, -0.15) is 0 Å². The first kappa shape index (κ1) is 9.67. The van der Waals surface area contributed by atoms with E-state index in [2.05, 4.69) is 4.98 Å². The summed E-state index contributed by atoms with van der Waals surface area (Å²) in [6, 6.07) is 3.00. The van der Waals surface area contributed by atoms with Crippen molar-refractivity contribution in [2.45, 2.75) is 18.9 Å². The maximum atomic E-state index is 10.8. The minimum Gasteiger partial charge on any atom is -0.479 e. The summed E-state index contributed by atoms with van der Waals surface area (Å²) in [7, 11) is 0. The molecule has 0 fully saturated rings. The van der Waals surface area contributed by atoms with E-state index in [1.54, 1.807) is 6.92 Å². The van der Waals surface area contributed by atoms with Gasteiger partial charge in [-0.1, -0.05) is 6.92 Å². The molecule has 0 aliphatic carbocycles. The quantitative estimate of drug-likeness (QED) is 0.722. The normalized spacial score (nSPS) is 14.9. The number of aliphatic carboxylic acids is 1. The van der Waals surface area contributed by atoms with Crippen LogP contribution in [0, 0.1) is 0 Å². The first-order valence-corrected chi connectivity index (χ1v) is 3.97. The zero-order valence-corrected chi connectivity index (χ0v) is 7.27. The van der Waals surface area contributed by atoms with Crippen molar-refractivity contribution >= 4 is 5.97 Å². The third kappa shape index (κ3) is 1.67. The Morgan fingerprint density at radius 1 is 1.54 bits per heavy atom. The number of carboxylic acids is 1. The molecule has 0 amide bonds. The lowest BCUT2D eigenvalue weighted by molar-refractivity contribution is -0.160. The van der Waals surface area contributed by atoms with Gasteiger partial charge in [0, 0.05) is 12.4 Å². The van der Waals surface area contributed by atoms with Crippen LogP contribution in [0.25, 0.3) is 0 Å². The fraction of sp³-hybridized carbons (Fsp3) is 0.333. The number of nitrogens with zero attached hydrogens (tertiary/aromatic N) is 1. The Morgan fingerprint density at radius 2 is 2.08 bits per heavy atom. The largest absolute Gasteiger partial charge is 0.479 e. The molecule has 1 rings (SSSR count). The van der Waals surface area contributed by atoms with Crippen molar-refractivity contribution in [3.8, 4) is 0 Å². The monoisotopic (exact) mass is 181 g/mol. The smallest absolute Gasteiger partial charge is 0.340 e. The van der Waals surface area contributed by atoms with E-state index in [1.807, 2.05) is 0 Å². The van der Waals surface area contributed by atoms with Crippen molar-refractivity contribution < 1.29 is 15.0 Å². The summed E-state index contributed by atoms with van der Waals surface area (Å²) in [4.78, 5) is 14.5. The number of rotatable bonds is 3. The predicted octanol–water partition coefficient (Wildman–Crippen LogP) is 0.764. The van der Waals surface area contributed by atoms with Crippen molar-refractivity contribution in [3.63, 3.8) is 0 Å². The van der Waals surface area contributed by atoms with Gasteiger partial charge in [-0.15, -0.1) is 0 Å². The fourth-order valence-corrected chi connectivity index (χ4v) is 1.11. The van der Waals surface area contributed by atoms with Crippen molar-refractivity contribution in [3.05, 3.63) is 30.1 Å². The molecule has 1 atom stereocenters. The van der Waals surface area contributed by atoms with E-state index in [9.17, 15) is 9.90 Å². The van der Waals surface area contributed by atoms with Crippen LogP contribution in [0.15, 0.2) is 24.5 Å². The summed E-state index contributed by atoms with van der Waals surface area (Å²) in [6.07, 6.45) is 3.05. The topological polar surface area (TPSA) is 70.4 Å². The van der Waals surface area contributed by atoms with Gasteiger partial charge in [0.2, 0.25) is 0 Å². The molecule has 13 heavy (non-hydrogen) atoms. The van der Waals surface area contributed by atoms with Gasteiger partial charge >= 0.3 is 5.97 Å². The Labute approximate surface area is 75.9 Å². The molecule has 0 saturated carbocycles. The van der Waals surface area contributed by atoms with E-state index in [0.29, 0.717) is 5.56 Å². The molecule has 4 nitrogen and oxygen atoms in total.